The number of Topliss-reactive ketones (excluding diaryl/α,β-unsaturated/α-hetero) is 2. The lowest BCUT2D eigenvalue weighted by molar-refractivity contribution is -0.122. The third-order valence-electron chi connectivity index (χ3n) is 8.83. The molecule has 0 radical (unpaired) electrons. The number of aliphatic hydroxyl groups is 2. The zero-order valence-electron chi connectivity index (χ0n) is 24.6. The molecule has 1 fully saturated rings. The minimum absolute atomic E-state index is 0.00747. The molecule has 1 unspecified atom stereocenters. The van der Waals surface area contributed by atoms with E-state index in [0.717, 1.165) is 4.90 Å². The second-order valence-electron chi connectivity index (χ2n) is 11.4. The molecule has 3 atom stereocenters. The largest absolute Gasteiger partial charge is 0.507 e. The number of halogens is 1. The highest BCUT2D eigenvalue weighted by Gasteiger charge is 2.61. The molecule has 1 saturated carbocycles. The number of aliphatic hydroxyl groups excluding tert-OH is 2. The fourth-order valence-corrected chi connectivity index (χ4v) is 7.13. The number of thioether (sulfide) groups is 1. The molecule has 3 N–H and O–H groups in total. The number of ether oxygens (including phenoxy) is 3. The van der Waals surface area contributed by atoms with E-state index in [-0.39, 0.29) is 70.1 Å². The van der Waals surface area contributed by atoms with E-state index in [1.807, 2.05) is 30.5 Å². The standard InChI is InChI=1S/C32H36ClNO8S/c1-16-13-22(36)26(30(38)32(16)31(39)27-23(40-2)15-24(41-3)28(33)29(27)42-32)21(17-5-11-20(43-4)12-6-17)14-25(37)34-18-7-9-19(35)10-8-18/h5-6,11-12,15-16,18-19,21,35,38H,7-10,13-14H2,1-4H3,(H,34,37)/t16-,18?,19?,21?,32+/m1/s1. The van der Waals surface area contributed by atoms with Crippen LogP contribution in [0.25, 0.3) is 0 Å². The van der Waals surface area contributed by atoms with Crippen molar-refractivity contribution in [2.75, 3.05) is 20.5 Å². The number of ketones is 2. The van der Waals surface area contributed by atoms with Gasteiger partial charge in [-0.2, -0.15) is 0 Å². The molecule has 230 valence electrons. The van der Waals surface area contributed by atoms with Gasteiger partial charge in [-0.15, -0.1) is 11.8 Å². The van der Waals surface area contributed by atoms with Crippen molar-refractivity contribution >= 4 is 40.8 Å². The lowest BCUT2D eigenvalue weighted by atomic mass is 9.69. The maximum Gasteiger partial charge on any atom is 0.231 e. The first-order chi connectivity index (χ1) is 20.5. The summed E-state index contributed by atoms with van der Waals surface area (Å²) in [5.41, 5.74) is -1.28. The lowest BCUT2D eigenvalue weighted by Gasteiger charge is -2.39. The van der Waals surface area contributed by atoms with Crippen molar-refractivity contribution in [3.63, 3.8) is 0 Å². The summed E-state index contributed by atoms with van der Waals surface area (Å²) >= 11 is 8.13. The van der Waals surface area contributed by atoms with Crippen molar-refractivity contribution in [3.05, 3.63) is 57.8 Å². The van der Waals surface area contributed by atoms with E-state index in [1.165, 1.54) is 20.3 Å². The van der Waals surface area contributed by atoms with Crippen molar-refractivity contribution in [1.29, 1.82) is 0 Å². The van der Waals surface area contributed by atoms with Gasteiger partial charge < -0.3 is 29.7 Å². The van der Waals surface area contributed by atoms with Gasteiger partial charge in [-0.25, -0.2) is 0 Å². The van der Waals surface area contributed by atoms with Crippen molar-refractivity contribution in [3.8, 4) is 17.2 Å². The number of carbonyl (C=O) groups is 3. The summed E-state index contributed by atoms with van der Waals surface area (Å²) in [5.74, 6) is -2.98. The zero-order chi connectivity index (χ0) is 31.1. The minimum Gasteiger partial charge on any atom is -0.507 e. The summed E-state index contributed by atoms with van der Waals surface area (Å²) < 4.78 is 17.1. The molecule has 43 heavy (non-hydrogen) atoms. The second-order valence-corrected chi connectivity index (χ2v) is 12.6. The van der Waals surface area contributed by atoms with Crippen LogP contribution in [0.15, 0.2) is 46.6 Å². The van der Waals surface area contributed by atoms with E-state index < -0.39 is 29.0 Å². The summed E-state index contributed by atoms with van der Waals surface area (Å²) in [6.07, 6.45) is 3.86. The van der Waals surface area contributed by atoms with Gasteiger partial charge in [-0.05, 0) is 49.6 Å². The second kappa shape index (κ2) is 12.4. The van der Waals surface area contributed by atoms with Crippen LogP contribution >= 0.6 is 23.4 Å². The van der Waals surface area contributed by atoms with Crippen LogP contribution in [0.4, 0.5) is 0 Å². The molecular weight excluding hydrogens is 594 g/mol. The molecule has 0 aromatic heterocycles. The average Bonchev–Trinajstić information content (AvgIpc) is 3.31. The Morgan fingerprint density at radius 2 is 1.79 bits per heavy atom. The van der Waals surface area contributed by atoms with E-state index in [1.54, 1.807) is 18.7 Å². The number of hydrogen-bond acceptors (Lipinski definition) is 9. The monoisotopic (exact) mass is 629 g/mol. The van der Waals surface area contributed by atoms with E-state index in [2.05, 4.69) is 5.32 Å². The molecule has 0 saturated heterocycles. The number of methoxy groups -OCH3 is 2. The summed E-state index contributed by atoms with van der Waals surface area (Å²) in [5, 5.41) is 25.0. The summed E-state index contributed by atoms with van der Waals surface area (Å²) in [6.45, 7) is 1.67. The normalized spacial score (nSPS) is 25.8. The molecule has 0 bridgehead atoms. The number of fused-ring (bicyclic) bond motifs is 1. The zero-order valence-corrected chi connectivity index (χ0v) is 26.1. The predicted molar refractivity (Wildman–Crippen MR) is 163 cm³/mol. The van der Waals surface area contributed by atoms with Crippen molar-refractivity contribution < 1.29 is 38.8 Å². The van der Waals surface area contributed by atoms with Crippen LogP contribution in [0.3, 0.4) is 0 Å². The molecular formula is C32H36ClNO8S. The minimum atomic E-state index is -1.94. The molecule has 2 aliphatic carbocycles. The fraction of sp³-hybridized carbons (Fsp3) is 0.469. The van der Waals surface area contributed by atoms with E-state index >= 15 is 0 Å². The first-order valence-corrected chi connectivity index (χ1v) is 15.9. The lowest BCUT2D eigenvalue weighted by Crippen LogP contribution is -2.53. The highest BCUT2D eigenvalue weighted by molar-refractivity contribution is 7.98. The molecule has 2 aromatic rings. The molecule has 5 rings (SSSR count). The predicted octanol–water partition coefficient (Wildman–Crippen LogP) is 5.41. The Balaban J connectivity index is 1.60. The van der Waals surface area contributed by atoms with Gasteiger partial charge in [0.25, 0.3) is 0 Å². The maximum atomic E-state index is 14.2. The van der Waals surface area contributed by atoms with Crippen LogP contribution < -0.4 is 19.5 Å². The number of hydrogen-bond donors (Lipinski definition) is 3. The van der Waals surface area contributed by atoms with Crippen LogP contribution in [0.2, 0.25) is 5.02 Å². The van der Waals surface area contributed by atoms with Gasteiger partial charge in [0.05, 0.1) is 20.3 Å². The summed E-state index contributed by atoms with van der Waals surface area (Å²) in [4.78, 5) is 42.4. The third kappa shape index (κ3) is 5.49. The van der Waals surface area contributed by atoms with Gasteiger partial charge in [-0.1, -0.05) is 30.7 Å². The Morgan fingerprint density at radius 3 is 2.40 bits per heavy atom. The Hall–Kier alpha value is -3.21. The SMILES string of the molecule is COc1cc(OC)c2c(c1Cl)O[C@]1(C2=O)C(O)=C(C(CC(=O)NC2CCC(O)CC2)c2ccc(SC)cc2)C(=O)C[C@H]1C. The molecule has 1 heterocycles. The average molecular weight is 630 g/mol. The highest BCUT2D eigenvalue weighted by Crippen LogP contribution is 2.55. The highest BCUT2D eigenvalue weighted by atomic mass is 35.5. The van der Waals surface area contributed by atoms with Gasteiger partial charge in [0.1, 0.15) is 22.1 Å². The molecule has 3 aliphatic rings. The smallest absolute Gasteiger partial charge is 0.231 e. The number of nitrogens with one attached hydrogen (secondary N) is 1. The maximum absolute atomic E-state index is 14.2. The Morgan fingerprint density at radius 1 is 1.14 bits per heavy atom. The van der Waals surface area contributed by atoms with Crippen molar-refractivity contribution in [2.45, 2.75) is 74.0 Å². The van der Waals surface area contributed by atoms with Gasteiger partial charge in [0.15, 0.2) is 17.3 Å². The molecule has 1 aliphatic heterocycles. The Kier molecular flexibility index (Phi) is 9.02. The van der Waals surface area contributed by atoms with Crippen LogP contribution in [-0.2, 0) is 9.59 Å². The van der Waals surface area contributed by atoms with Gasteiger partial charge in [0, 0.05) is 47.3 Å². The molecule has 1 spiro atoms. The van der Waals surface area contributed by atoms with E-state index in [4.69, 9.17) is 25.8 Å². The Bertz CT molecular complexity index is 1470. The van der Waals surface area contributed by atoms with Crippen molar-refractivity contribution in [2.24, 2.45) is 5.92 Å². The number of carbonyl (C=O) groups excluding carboxylic acids is 3. The first kappa shape index (κ1) is 31.2. The number of benzene rings is 2. The molecule has 11 heteroatoms. The van der Waals surface area contributed by atoms with E-state index in [0.29, 0.717) is 31.2 Å². The van der Waals surface area contributed by atoms with Gasteiger partial charge in [0.2, 0.25) is 17.3 Å². The molecule has 1 amide bonds. The van der Waals surface area contributed by atoms with E-state index in [9.17, 15) is 24.6 Å². The van der Waals surface area contributed by atoms with Crippen molar-refractivity contribution in [1.82, 2.24) is 5.32 Å². The first-order valence-electron chi connectivity index (χ1n) is 14.3. The third-order valence-corrected chi connectivity index (χ3v) is 9.93. The number of allylic oxidation sites excluding steroid dienone is 1. The Labute approximate surface area is 259 Å². The topological polar surface area (TPSA) is 131 Å². The summed E-state index contributed by atoms with van der Waals surface area (Å²) in [7, 11) is 2.82. The van der Waals surface area contributed by atoms with Crippen LogP contribution in [0, 0.1) is 5.92 Å². The van der Waals surface area contributed by atoms with Crippen LogP contribution in [-0.4, -0.2) is 65.9 Å². The van der Waals surface area contributed by atoms with Crippen LogP contribution in [0.5, 0.6) is 17.2 Å². The summed E-state index contributed by atoms with van der Waals surface area (Å²) in [6, 6.07) is 8.82. The number of amides is 1. The van der Waals surface area contributed by atoms with Crippen LogP contribution in [0.1, 0.15) is 67.3 Å². The molecule has 2 aromatic carbocycles. The quantitative estimate of drug-likeness (QED) is 0.328. The van der Waals surface area contributed by atoms with Gasteiger partial charge in [-0.3, -0.25) is 14.4 Å². The fourth-order valence-electron chi connectivity index (χ4n) is 6.45. The number of rotatable bonds is 8. The van der Waals surface area contributed by atoms with Gasteiger partial charge >= 0.3 is 0 Å². The molecule has 9 nitrogen and oxygen atoms in total.